The van der Waals surface area contributed by atoms with Gasteiger partial charge in [0.05, 0.1) is 12.5 Å². The van der Waals surface area contributed by atoms with Crippen molar-refractivity contribution in [1.82, 2.24) is 4.98 Å². The lowest BCUT2D eigenvalue weighted by Crippen LogP contribution is -2.07. The largest absolute Gasteiger partial charge is 0.466 e. The van der Waals surface area contributed by atoms with Gasteiger partial charge in [0.1, 0.15) is 5.82 Å². The topological polar surface area (TPSA) is 65.2 Å². The summed E-state index contributed by atoms with van der Waals surface area (Å²) in [5, 5.41) is 0. The summed E-state index contributed by atoms with van der Waals surface area (Å²) in [7, 11) is 0. The number of hydrogen-bond donors (Lipinski definition) is 1. The highest BCUT2D eigenvalue weighted by Gasteiger charge is 2.45. The summed E-state index contributed by atoms with van der Waals surface area (Å²) in [4.78, 5) is 15.4. The van der Waals surface area contributed by atoms with Crippen LogP contribution < -0.4 is 5.73 Å². The van der Waals surface area contributed by atoms with Crippen LogP contribution in [0.15, 0.2) is 18.3 Å². The predicted octanol–water partition coefficient (Wildman–Crippen LogP) is 1.33. The van der Waals surface area contributed by atoms with E-state index in [1.54, 1.807) is 12.3 Å². The molecule has 2 N–H and O–H groups in total. The molecule has 4 nitrogen and oxygen atoms in total. The average Bonchev–Trinajstić information content (AvgIpc) is 2.99. The van der Waals surface area contributed by atoms with E-state index in [0.717, 1.165) is 12.0 Å². The number of nitrogen functional groups attached to an aromatic ring is 1. The van der Waals surface area contributed by atoms with Gasteiger partial charge in [-0.1, -0.05) is 6.07 Å². The van der Waals surface area contributed by atoms with Crippen LogP contribution in [0, 0.1) is 5.92 Å². The minimum atomic E-state index is -0.0978. The second kappa shape index (κ2) is 3.88. The van der Waals surface area contributed by atoms with Crippen molar-refractivity contribution < 1.29 is 9.53 Å². The Morgan fingerprint density at radius 1 is 1.67 bits per heavy atom. The molecular weight excluding hydrogens is 192 g/mol. The van der Waals surface area contributed by atoms with Crippen molar-refractivity contribution in [3.8, 4) is 0 Å². The van der Waals surface area contributed by atoms with E-state index >= 15 is 0 Å². The molecule has 1 aromatic rings. The number of carbonyl (C=O) groups excluding carboxylic acids is 1. The Morgan fingerprint density at radius 3 is 3.07 bits per heavy atom. The minimum absolute atomic E-state index is 0.0235. The normalized spacial score (nSPS) is 23.5. The van der Waals surface area contributed by atoms with Gasteiger partial charge >= 0.3 is 5.97 Å². The highest BCUT2D eigenvalue weighted by atomic mass is 16.5. The number of carbonyl (C=O) groups is 1. The van der Waals surface area contributed by atoms with Gasteiger partial charge in [-0.05, 0) is 30.9 Å². The molecule has 1 aliphatic rings. The van der Waals surface area contributed by atoms with E-state index in [1.807, 2.05) is 13.0 Å². The summed E-state index contributed by atoms with van der Waals surface area (Å²) in [6.45, 7) is 2.27. The zero-order chi connectivity index (χ0) is 10.8. The number of nitrogens with zero attached hydrogens (tertiary/aromatic N) is 1. The molecule has 0 saturated heterocycles. The van der Waals surface area contributed by atoms with Crippen molar-refractivity contribution in [2.75, 3.05) is 12.3 Å². The summed E-state index contributed by atoms with van der Waals surface area (Å²) >= 11 is 0. The fourth-order valence-corrected chi connectivity index (χ4v) is 1.71. The maximum absolute atomic E-state index is 11.4. The molecule has 0 radical (unpaired) electrons. The van der Waals surface area contributed by atoms with E-state index in [4.69, 9.17) is 10.5 Å². The molecule has 1 aliphatic carbocycles. The molecule has 2 atom stereocenters. The van der Waals surface area contributed by atoms with Gasteiger partial charge in [-0.3, -0.25) is 4.79 Å². The van der Waals surface area contributed by atoms with Gasteiger partial charge in [-0.15, -0.1) is 0 Å². The van der Waals surface area contributed by atoms with Gasteiger partial charge in [0.15, 0.2) is 0 Å². The van der Waals surface area contributed by atoms with Gasteiger partial charge in [-0.25, -0.2) is 4.98 Å². The molecule has 1 saturated carbocycles. The Kier molecular flexibility index (Phi) is 2.58. The van der Waals surface area contributed by atoms with Crippen LogP contribution in [0.2, 0.25) is 0 Å². The molecule has 1 fully saturated rings. The van der Waals surface area contributed by atoms with Crippen molar-refractivity contribution in [3.05, 3.63) is 23.9 Å². The van der Waals surface area contributed by atoms with Crippen molar-refractivity contribution in [2.45, 2.75) is 19.3 Å². The van der Waals surface area contributed by atoms with Crippen molar-refractivity contribution in [1.29, 1.82) is 0 Å². The lowest BCUT2D eigenvalue weighted by Gasteiger charge is -2.01. The fraction of sp³-hybridized carbons (Fsp3) is 0.455. The van der Waals surface area contributed by atoms with Crippen molar-refractivity contribution >= 4 is 11.8 Å². The van der Waals surface area contributed by atoms with Crippen LogP contribution >= 0.6 is 0 Å². The van der Waals surface area contributed by atoms with E-state index in [1.165, 1.54) is 0 Å². The zero-order valence-electron chi connectivity index (χ0n) is 8.64. The maximum Gasteiger partial charge on any atom is 0.309 e. The quantitative estimate of drug-likeness (QED) is 0.758. The summed E-state index contributed by atoms with van der Waals surface area (Å²) in [5.41, 5.74) is 6.56. The van der Waals surface area contributed by atoms with E-state index < -0.39 is 0 Å². The molecule has 0 bridgehead atoms. The zero-order valence-corrected chi connectivity index (χ0v) is 8.64. The molecule has 1 heterocycles. The van der Waals surface area contributed by atoms with E-state index in [9.17, 15) is 4.79 Å². The van der Waals surface area contributed by atoms with Crippen LogP contribution in [-0.4, -0.2) is 17.6 Å². The van der Waals surface area contributed by atoms with Crippen LogP contribution in [0.25, 0.3) is 0 Å². The summed E-state index contributed by atoms with van der Waals surface area (Å²) in [6, 6.07) is 3.68. The summed E-state index contributed by atoms with van der Waals surface area (Å²) in [6.07, 6.45) is 2.60. The number of anilines is 1. The van der Waals surface area contributed by atoms with Crippen LogP contribution in [0.1, 0.15) is 24.8 Å². The molecule has 0 spiro atoms. The van der Waals surface area contributed by atoms with Crippen molar-refractivity contribution in [2.24, 2.45) is 5.92 Å². The Bertz CT molecular complexity index is 361. The number of esters is 1. The number of ether oxygens (including phenoxy) is 1. The Balaban J connectivity index is 1.98. The molecule has 0 aliphatic heterocycles. The monoisotopic (exact) mass is 206 g/mol. The molecular formula is C11H14N2O2. The highest BCUT2D eigenvalue weighted by Crippen LogP contribution is 2.47. The first kappa shape index (κ1) is 9.96. The van der Waals surface area contributed by atoms with Crippen LogP contribution in [0.5, 0.6) is 0 Å². The molecule has 15 heavy (non-hydrogen) atoms. The molecule has 1 aromatic heterocycles. The first-order valence-electron chi connectivity index (χ1n) is 5.10. The number of pyridine rings is 1. The first-order valence-corrected chi connectivity index (χ1v) is 5.10. The Morgan fingerprint density at radius 2 is 2.47 bits per heavy atom. The number of nitrogens with two attached hydrogens (primary N) is 1. The third kappa shape index (κ3) is 2.09. The standard InChI is InChI=1S/C11H14N2O2/c1-2-15-11(14)9-5-8(9)7-3-4-10(12)13-6-7/h3-4,6,8-9H,2,5H2,1H3,(H2,12,13)/t8-,9+/m0/s1. The number of aromatic nitrogens is 1. The maximum atomic E-state index is 11.4. The lowest BCUT2D eigenvalue weighted by atomic mass is 10.1. The molecule has 4 heteroatoms. The Hall–Kier alpha value is -1.58. The van der Waals surface area contributed by atoms with Gasteiger partial charge in [0.25, 0.3) is 0 Å². The van der Waals surface area contributed by atoms with Crippen LogP contribution in [0.3, 0.4) is 0 Å². The summed E-state index contributed by atoms with van der Waals surface area (Å²) < 4.78 is 4.96. The van der Waals surface area contributed by atoms with Gasteiger partial charge in [0.2, 0.25) is 0 Å². The fourth-order valence-electron chi connectivity index (χ4n) is 1.71. The van der Waals surface area contributed by atoms with Gasteiger partial charge in [0, 0.05) is 6.20 Å². The van der Waals surface area contributed by atoms with Gasteiger partial charge < -0.3 is 10.5 Å². The summed E-state index contributed by atoms with van der Waals surface area (Å²) in [5.74, 6) is 0.707. The van der Waals surface area contributed by atoms with Crippen LogP contribution in [-0.2, 0) is 9.53 Å². The Labute approximate surface area is 88.4 Å². The molecule has 2 rings (SSSR count). The first-order chi connectivity index (χ1) is 7.22. The van der Waals surface area contributed by atoms with Gasteiger partial charge in [-0.2, -0.15) is 0 Å². The molecule has 0 unspecified atom stereocenters. The number of hydrogen-bond acceptors (Lipinski definition) is 4. The lowest BCUT2D eigenvalue weighted by molar-refractivity contribution is -0.144. The third-order valence-corrected chi connectivity index (χ3v) is 2.62. The van der Waals surface area contributed by atoms with Crippen LogP contribution in [0.4, 0.5) is 5.82 Å². The number of rotatable bonds is 3. The minimum Gasteiger partial charge on any atom is -0.466 e. The second-order valence-electron chi connectivity index (χ2n) is 3.72. The molecule has 80 valence electrons. The van der Waals surface area contributed by atoms with E-state index in [2.05, 4.69) is 4.98 Å². The highest BCUT2D eigenvalue weighted by molar-refractivity contribution is 5.77. The average molecular weight is 206 g/mol. The molecule has 0 amide bonds. The van der Waals surface area contributed by atoms with E-state index in [0.29, 0.717) is 12.4 Å². The SMILES string of the molecule is CCOC(=O)[C@@H]1C[C@H]1c1ccc(N)nc1. The van der Waals surface area contributed by atoms with Crippen molar-refractivity contribution in [3.63, 3.8) is 0 Å². The smallest absolute Gasteiger partial charge is 0.309 e. The molecule has 0 aromatic carbocycles. The predicted molar refractivity (Wildman–Crippen MR) is 56.1 cm³/mol. The third-order valence-electron chi connectivity index (χ3n) is 2.62. The second-order valence-corrected chi connectivity index (χ2v) is 3.72. The van der Waals surface area contributed by atoms with E-state index in [-0.39, 0.29) is 17.8 Å².